The van der Waals surface area contributed by atoms with Gasteiger partial charge in [-0.05, 0) is 17.7 Å². The number of carbonyl (C=O) groups is 1. The van der Waals surface area contributed by atoms with E-state index in [1.54, 1.807) is 18.2 Å². The number of hydrogen-bond donors (Lipinski definition) is 0. The standard InChI is InChI=1S/C14H13NO3/c1-17-13(16)14(15-10-5-11-18-14)9-8-12-6-3-2-4-7-12/h2-11H,1H3/b9-8+. The van der Waals surface area contributed by atoms with Crippen LogP contribution in [0, 0.1) is 0 Å². The first kappa shape index (κ1) is 12.1. The zero-order chi connectivity index (χ0) is 12.8. The lowest BCUT2D eigenvalue weighted by molar-refractivity contribution is -0.157. The van der Waals surface area contributed by atoms with Gasteiger partial charge >= 0.3 is 11.7 Å². The van der Waals surface area contributed by atoms with Gasteiger partial charge < -0.3 is 9.47 Å². The monoisotopic (exact) mass is 243 g/mol. The van der Waals surface area contributed by atoms with Gasteiger partial charge in [-0.25, -0.2) is 9.79 Å². The second-order valence-corrected chi connectivity index (χ2v) is 3.66. The SMILES string of the molecule is COC(=O)C1(/C=C/c2ccccc2)N=CC=CO1. The summed E-state index contributed by atoms with van der Waals surface area (Å²) in [6, 6.07) is 9.59. The molecule has 1 aliphatic heterocycles. The molecule has 0 saturated heterocycles. The van der Waals surface area contributed by atoms with Crippen LogP contribution in [0.5, 0.6) is 0 Å². The number of hydrogen-bond acceptors (Lipinski definition) is 4. The lowest BCUT2D eigenvalue weighted by atomic mass is 10.1. The molecule has 0 fully saturated rings. The molecule has 0 saturated carbocycles. The van der Waals surface area contributed by atoms with E-state index in [0.717, 1.165) is 5.56 Å². The summed E-state index contributed by atoms with van der Waals surface area (Å²) in [6.07, 6.45) is 7.88. The van der Waals surface area contributed by atoms with Gasteiger partial charge in [0.15, 0.2) is 0 Å². The Morgan fingerprint density at radius 1 is 1.39 bits per heavy atom. The van der Waals surface area contributed by atoms with E-state index in [1.165, 1.54) is 19.6 Å². The highest BCUT2D eigenvalue weighted by Gasteiger charge is 2.38. The van der Waals surface area contributed by atoms with E-state index < -0.39 is 11.7 Å². The van der Waals surface area contributed by atoms with Gasteiger partial charge in [-0.15, -0.1) is 0 Å². The van der Waals surface area contributed by atoms with Gasteiger partial charge in [-0.3, -0.25) is 0 Å². The number of rotatable bonds is 3. The molecule has 1 atom stereocenters. The maximum atomic E-state index is 11.8. The van der Waals surface area contributed by atoms with Gasteiger partial charge in [0.2, 0.25) is 0 Å². The average Bonchev–Trinajstić information content (AvgIpc) is 2.46. The molecule has 2 rings (SSSR count). The summed E-state index contributed by atoms with van der Waals surface area (Å²) in [5.41, 5.74) is -0.464. The predicted octanol–water partition coefficient (Wildman–Crippen LogP) is 2.18. The van der Waals surface area contributed by atoms with E-state index in [1.807, 2.05) is 30.3 Å². The van der Waals surface area contributed by atoms with Crippen LogP contribution in [0.25, 0.3) is 6.08 Å². The van der Waals surface area contributed by atoms with Crippen LogP contribution in [0.1, 0.15) is 5.56 Å². The highest BCUT2D eigenvalue weighted by atomic mass is 16.6. The number of aliphatic imine (C=N–C) groups is 1. The van der Waals surface area contributed by atoms with Crippen LogP contribution in [0.2, 0.25) is 0 Å². The topological polar surface area (TPSA) is 47.9 Å². The third-order valence-corrected chi connectivity index (χ3v) is 2.46. The minimum Gasteiger partial charge on any atom is -0.464 e. The number of ether oxygens (including phenoxy) is 2. The van der Waals surface area contributed by atoms with Crippen molar-refractivity contribution >= 4 is 18.3 Å². The van der Waals surface area contributed by atoms with Crippen molar-refractivity contribution in [2.45, 2.75) is 5.72 Å². The first-order chi connectivity index (χ1) is 8.77. The number of carbonyl (C=O) groups excluding carboxylic acids is 1. The average molecular weight is 243 g/mol. The Labute approximate surface area is 105 Å². The maximum Gasteiger partial charge on any atom is 0.378 e. The second-order valence-electron chi connectivity index (χ2n) is 3.66. The summed E-state index contributed by atoms with van der Waals surface area (Å²) in [5.74, 6) is -0.560. The van der Waals surface area contributed by atoms with Crippen molar-refractivity contribution in [1.82, 2.24) is 0 Å². The first-order valence-electron chi connectivity index (χ1n) is 5.48. The van der Waals surface area contributed by atoms with E-state index in [9.17, 15) is 4.79 Å². The number of allylic oxidation sites excluding steroid dienone is 1. The fourth-order valence-electron chi connectivity index (χ4n) is 1.53. The summed E-state index contributed by atoms with van der Waals surface area (Å²) >= 11 is 0. The van der Waals surface area contributed by atoms with Gasteiger partial charge in [-0.1, -0.05) is 36.4 Å². The van der Waals surface area contributed by atoms with Crippen LogP contribution in [-0.2, 0) is 14.3 Å². The zero-order valence-corrected chi connectivity index (χ0v) is 9.95. The number of esters is 1. The van der Waals surface area contributed by atoms with Gasteiger partial charge in [0.05, 0.1) is 13.4 Å². The molecule has 0 amide bonds. The number of nitrogens with zero attached hydrogens (tertiary/aromatic N) is 1. The van der Waals surface area contributed by atoms with E-state index in [4.69, 9.17) is 9.47 Å². The molecule has 4 nitrogen and oxygen atoms in total. The fraction of sp³-hybridized carbons (Fsp3) is 0.143. The summed E-state index contributed by atoms with van der Waals surface area (Å²) in [7, 11) is 1.30. The molecule has 0 spiro atoms. The summed E-state index contributed by atoms with van der Waals surface area (Å²) in [5, 5.41) is 0. The molecule has 4 heteroatoms. The van der Waals surface area contributed by atoms with Crippen LogP contribution >= 0.6 is 0 Å². The summed E-state index contributed by atoms with van der Waals surface area (Å²) < 4.78 is 10.0. The van der Waals surface area contributed by atoms with Crippen molar-refractivity contribution in [3.05, 3.63) is 54.3 Å². The van der Waals surface area contributed by atoms with Gasteiger partial charge in [0.25, 0.3) is 0 Å². The highest BCUT2D eigenvalue weighted by molar-refractivity contribution is 5.87. The predicted molar refractivity (Wildman–Crippen MR) is 68.9 cm³/mol. The Morgan fingerprint density at radius 2 is 2.17 bits per heavy atom. The van der Waals surface area contributed by atoms with Crippen molar-refractivity contribution in [1.29, 1.82) is 0 Å². The molecule has 0 aromatic heterocycles. The van der Waals surface area contributed by atoms with Crippen molar-refractivity contribution in [3.8, 4) is 0 Å². The minimum atomic E-state index is -1.42. The van der Waals surface area contributed by atoms with Crippen LogP contribution in [0.15, 0.2) is 53.7 Å². The molecule has 92 valence electrons. The molecule has 1 unspecified atom stereocenters. The molecule has 1 aliphatic rings. The largest absolute Gasteiger partial charge is 0.464 e. The van der Waals surface area contributed by atoms with E-state index >= 15 is 0 Å². The molecule has 0 radical (unpaired) electrons. The molecular weight excluding hydrogens is 230 g/mol. The normalized spacial score (nSPS) is 21.8. The lowest BCUT2D eigenvalue weighted by Gasteiger charge is -2.24. The zero-order valence-electron chi connectivity index (χ0n) is 9.95. The minimum absolute atomic E-state index is 0.560. The molecule has 0 N–H and O–H groups in total. The van der Waals surface area contributed by atoms with Crippen molar-refractivity contribution in [2.75, 3.05) is 7.11 Å². The van der Waals surface area contributed by atoms with Gasteiger partial charge in [-0.2, -0.15) is 0 Å². The smallest absolute Gasteiger partial charge is 0.378 e. The lowest BCUT2D eigenvalue weighted by Crippen LogP contribution is -2.38. The summed E-state index contributed by atoms with van der Waals surface area (Å²) in [6.45, 7) is 0. The number of methoxy groups -OCH3 is 1. The third kappa shape index (κ3) is 2.48. The Kier molecular flexibility index (Phi) is 3.57. The van der Waals surface area contributed by atoms with Crippen LogP contribution < -0.4 is 0 Å². The van der Waals surface area contributed by atoms with Crippen molar-refractivity contribution in [2.24, 2.45) is 4.99 Å². The van der Waals surface area contributed by atoms with Gasteiger partial charge in [0.1, 0.15) is 0 Å². The molecule has 1 heterocycles. The van der Waals surface area contributed by atoms with Crippen molar-refractivity contribution in [3.63, 3.8) is 0 Å². The van der Waals surface area contributed by atoms with Crippen molar-refractivity contribution < 1.29 is 14.3 Å². The Bertz CT molecular complexity index is 505. The first-order valence-corrected chi connectivity index (χ1v) is 5.48. The van der Waals surface area contributed by atoms with Crippen LogP contribution in [0.4, 0.5) is 0 Å². The third-order valence-electron chi connectivity index (χ3n) is 2.46. The maximum absolute atomic E-state index is 11.8. The second kappa shape index (κ2) is 5.31. The molecule has 1 aromatic carbocycles. The molecule has 0 aliphatic carbocycles. The Balaban J connectivity index is 2.27. The number of benzene rings is 1. The van der Waals surface area contributed by atoms with Gasteiger partial charge in [0, 0.05) is 6.21 Å². The fourth-order valence-corrected chi connectivity index (χ4v) is 1.53. The Hall–Kier alpha value is -2.36. The highest BCUT2D eigenvalue weighted by Crippen LogP contribution is 2.21. The summed E-state index contributed by atoms with van der Waals surface area (Å²) in [4.78, 5) is 15.8. The van der Waals surface area contributed by atoms with Crippen LogP contribution in [0.3, 0.4) is 0 Å². The molecule has 0 bridgehead atoms. The Morgan fingerprint density at radius 3 is 2.78 bits per heavy atom. The van der Waals surface area contributed by atoms with E-state index in [2.05, 4.69) is 4.99 Å². The quantitative estimate of drug-likeness (QED) is 0.764. The van der Waals surface area contributed by atoms with E-state index in [-0.39, 0.29) is 0 Å². The van der Waals surface area contributed by atoms with Crippen LogP contribution in [-0.4, -0.2) is 25.0 Å². The molecule has 1 aromatic rings. The van der Waals surface area contributed by atoms with E-state index in [0.29, 0.717) is 0 Å². The molecular formula is C14H13NO3. The molecule has 18 heavy (non-hydrogen) atoms.